The van der Waals surface area contributed by atoms with E-state index in [4.69, 9.17) is 0 Å². The number of anilines is 1. The summed E-state index contributed by atoms with van der Waals surface area (Å²) >= 11 is 0. The first-order valence-corrected chi connectivity index (χ1v) is 9.63. The highest BCUT2D eigenvalue weighted by Crippen LogP contribution is 2.22. The van der Waals surface area contributed by atoms with Crippen LogP contribution in [0.2, 0.25) is 0 Å². The van der Waals surface area contributed by atoms with Gasteiger partial charge in [0.2, 0.25) is 11.9 Å². The third-order valence-electron chi connectivity index (χ3n) is 5.51. The number of fused-ring (bicyclic) bond motifs is 1. The molecule has 2 amide bonds. The Balaban J connectivity index is 1.37. The van der Waals surface area contributed by atoms with Gasteiger partial charge in [-0.3, -0.25) is 14.9 Å². The summed E-state index contributed by atoms with van der Waals surface area (Å²) in [6.45, 7) is 5.28. The number of nitrogens with zero attached hydrogens (tertiary/aromatic N) is 2. The number of aromatic nitrogens is 2. The van der Waals surface area contributed by atoms with Crippen molar-refractivity contribution in [3.63, 3.8) is 0 Å². The molecule has 4 rings (SSSR count). The summed E-state index contributed by atoms with van der Waals surface area (Å²) in [4.78, 5) is 34.7. The molecule has 28 heavy (non-hydrogen) atoms. The molecule has 0 unspecified atom stereocenters. The van der Waals surface area contributed by atoms with Crippen LogP contribution in [0.3, 0.4) is 0 Å². The summed E-state index contributed by atoms with van der Waals surface area (Å²) in [7, 11) is 0. The fourth-order valence-electron chi connectivity index (χ4n) is 3.66. The Labute approximate surface area is 164 Å². The van der Waals surface area contributed by atoms with Crippen LogP contribution in [-0.2, 0) is 4.79 Å². The predicted molar refractivity (Wildman–Crippen MR) is 109 cm³/mol. The Morgan fingerprint density at radius 1 is 1.07 bits per heavy atom. The minimum absolute atomic E-state index is 0.0301. The van der Waals surface area contributed by atoms with Gasteiger partial charge in [-0.05, 0) is 62.1 Å². The van der Waals surface area contributed by atoms with E-state index in [0.717, 1.165) is 11.0 Å². The van der Waals surface area contributed by atoms with E-state index in [-0.39, 0.29) is 17.7 Å². The van der Waals surface area contributed by atoms with E-state index >= 15 is 0 Å². The number of nitrogens with one attached hydrogen (secondary N) is 2. The smallest absolute Gasteiger partial charge is 0.253 e. The fourth-order valence-corrected chi connectivity index (χ4v) is 3.66. The lowest BCUT2D eigenvalue weighted by molar-refractivity contribution is -0.121. The summed E-state index contributed by atoms with van der Waals surface area (Å²) in [6.07, 6.45) is 1.31. The van der Waals surface area contributed by atoms with E-state index in [2.05, 4.69) is 22.2 Å². The van der Waals surface area contributed by atoms with E-state index < -0.39 is 0 Å². The lowest BCUT2D eigenvalue weighted by atomic mass is 9.95. The molecule has 2 N–H and O–H groups in total. The van der Waals surface area contributed by atoms with Crippen molar-refractivity contribution >= 4 is 28.8 Å². The van der Waals surface area contributed by atoms with Gasteiger partial charge in [0.05, 0.1) is 11.0 Å². The topological polar surface area (TPSA) is 78.1 Å². The van der Waals surface area contributed by atoms with Crippen molar-refractivity contribution in [2.24, 2.45) is 5.92 Å². The number of carbonyl (C=O) groups excluding carboxylic acids is 2. The fraction of sp³-hybridized carbons (Fsp3) is 0.318. The molecule has 1 saturated heterocycles. The highest BCUT2D eigenvalue weighted by molar-refractivity contribution is 5.95. The van der Waals surface area contributed by atoms with Gasteiger partial charge in [-0.15, -0.1) is 0 Å². The monoisotopic (exact) mass is 376 g/mol. The van der Waals surface area contributed by atoms with Crippen molar-refractivity contribution in [1.82, 2.24) is 14.9 Å². The maximum absolute atomic E-state index is 12.7. The maximum Gasteiger partial charge on any atom is 0.253 e. The molecule has 0 atom stereocenters. The Kier molecular flexibility index (Phi) is 4.86. The zero-order chi connectivity index (χ0) is 19.7. The average Bonchev–Trinajstić information content (AvgIpc) is 3.09. The summed E-state index contributed by atoms with van der Waals surface area (Å²) < 4.78 is 0. The van der Waals surface area contributed by atoms with Gasteiger partial charge in [0.1, 0.15) is 0 Å². The van der Waals surface area contributed by atoms with Crippen LogP contribution in [-0.4, -0.2) is 39.8 Å². The van der Waals surface area contributed by atoms with Crippen molar-refractivity contribution < 1.29 is 9.59 Å². The van der Waals surface area contributed by atoms with Crippen molar-refractivity contribution in [2.45, 2.75) is 26.7 Å². The highest BCUT2D eigenvalue weighted by Gasteiger charge is 2.28. The van der Waals surface area contributed by atoms with Gasteiger partial charge < -0.3 is 9.88 Å². The first-order valence-electron chi connectivity index (χ1n) is 9.63. The first kappa shape index (κ1) is 18.2. The highest BCUT2D eigenvalue weighted by atomic mass is 16.2. The standard InChI is InChI=1S/C22H24N4O2/c1-14-12-18-19(13-15(14)2)24-22(23-18)25-20(27)16-8-10-26(11-9-16)21(28)17-6-4-3-5-7-17/h3-7,12-13,16H,8-11H2,1-2H3,(H2,23,24,25,27). The number of H-pyrrole nitrogens is 1. The second-order valence-corrected chi connectivity index (χ2v) is 7.46. The zero-order valence-corrected chi connectivity index (χ0v) is 16.2. The Hall–Kier alpha value is -3.15. The number of amides is 2. The lowest BCUT2D eigenvalue weighted by Gasteiger charge is -2.31. The molecule has 1 aromatic heterocycles. The van der Waals surface area contributed by atoms with Crippen LogP contribution in [0.1, 0.15) is 34.3 Å². The number of imidazole rings is 1. The molecule has 1 fully saturated rings. The van der Waals surface area contributed by atoms with E-state index in [1.807, 2.05) is 54.3 Å². The molecule has 0 aliphatic carbocycles. The molecule has 6 heteroatoms. The molecule has 2 heterocycles. The van der Waals surface area contributed by atoms with Crippen molar-refractivity contribution in [1.29, 1.82) is 0 Å². The molecule has 1 aliphatic rings. The van der Waals surface area contributed by atoms with Crippen LogP contribution in [0.15, 0.2) is 42.5 Å². The Morgan fingerprint density at radius 3 is 2.46 bits per heavy atom. The van der Waals surface area contributed by atoms with Crippen LogP contribution < -0.4 is 5.32 Å². The van der Waals surface area contributed by atoms with Crippen molar-refractivity contribution in [3.8, 4) is 0 Å². The molecular weight excluding hydrogens is 352 g/mol. The van der Waals surface area contributed by atoms with Gasteiger partial charge in [0.15, 0.2) is 0 Å². The molecule has 1 aliphatic heterocycles. The van der Waals surface area contributed by atoms with Gasteiger partial charge in [0, 0.05) is 24.6 Å². The SMILES string of the molecule is Cc1cc2nc(NC(=O)C3CCN(C(=O)c4ccccc4)CC3)[nH]c2cc1C. The van der Waals surface area contributed by atoms with Crippen LogP contribution in [0.25, 0.3) is 11.0 Å². The van der Waals surface area contributed by atoms with Gasteiger partial charge >= 0.3 is 0 Å². The number of piperidine rings is 1. The van der Waals surface area contributed by atoms with Crippen LogP contribution in [0.4, 0.5) is 5.95 Å². The van der Waals surface area contributed by atoms with Crippen LogP contribution in [0, 0.1) is 19.8 Å². The summed E-state index contributed by atoms with van der Waals surface area (Å²) in [5, 5.41) is 2.91. The molecule has 0 radical (unpaired) electrons. The largest absolute Gasteiger partial charge is 0.339 e. The summed E-state index contributed by atoms with van der Waals surface area (Å²) in [6, 6.07) is 13.3. The Bertz CT molecular complexity index is 979. The maximum atomic E-state index is 12.7. The lowest BCUT2D eigenvalue weighted by Crippen LogP contribution is -2.41. The number of likely N-dealkylation sites (tertiary alicyclic amines) is 1. The third kappa shape index (κ3) is 3.63. The van der Waals surface area contributed by atoms with Gasteiger partial charge in [-0.2, -0.15) is 0 Å². The van der Waals surface area contributed by atoms with Crippen LogP contribution >= 0.6 is 0 Å². The molecule has 6 nitrogen and oxygen atoms in total. The van der Waals surface area contributed by atoms with Crippen molar-refractivity contribution in [3.05, 3.63) is 59.2 Å². The Morgan fingerprint density at radius 2 is 1.75 bits per heavy atom. The molecule has 2 aromatic carbocycles. The number of aryl methyl sites for hydroxylation is 2. The second kappa shape index (κ2) is 7.46. The summed E-state index contributed by atoms with van der Waals surface area (Å²) in [5.41, 5.74) is 4.82. The van der Waals surface area contributed by atoms with Gasteiger partial charge in [0.25, 0.3) is 5.91 Å². The molecular formula is C22H24N4O2. The minimum atomic E-state index is -0.114. The van der Waals surface area contributed by atoms with E-state index in [9.17, 15) is 9.59 Å². The summed E-state index contributed by atoms with van der Waals surface area (Å²) in [5.74, 6) is 0.353. The zero-order valence-electron chi connectivity index (χ0n) is 16.2. The molecule has 0 saturated carbocycles. The van der Waals surface area contributed by atoms with E-state index in [1.54, 1.807) is 0 Å². The van der Waals surface area contributed by atoms with Gasteiger partial charge in [-0.25, -0.2) is 4.98 Å². The second-order valence-electron chi connectivity index (χ2n) is 7.46. The number of aromatic amines is 1. The van der Waals surface area contributed by atoms with Crippen LogP contribution in [0.5, 0.6) is 0 Å². The quantitative estimate of drug-likeness (QED) is 0.732. The minimum Gasteiger partial charge on any atom is -0.339 e. The number of rotatable bonds is 3. The molecule has 0 bridgehead atoms. The van der Waals surface area contributed by atoms with Gasteiger partial charge in [-0.1, -0.05) is 18.2 Å². The molecule has 144 valence electrons. The number of hydrogen-bond donors (Lipinski definition) is 2. The number of carbonyl (C=O) groups is 2. The number of hydrogen-bond acceptors (Lipinski definition) is 3. The predicted octanol–water partition coefficient (Wildman–Crippen LogP) is 3.67. The van der Waals surface area contributed by atoms with Crippen molar-refractivity contribution in [2.75, 3.05) is 18.4 Å². The van der Waals surface area contributed by atoms with E-state index in [0.29, 0.717) is 37.4 Å². The first-order chi connectivity index (χ1) is 13.5. The third-order valence-corrected chi connectivity index (χ3v) is 5.51. The number of benzene rings is 2. The molecule has 0 spiro atoms. The molecule has 3 aromatic rings. The normalized spacial score (nSPS) is 15.0. The average molecular weight is 376 g/mol. The van der Waals surface area contributed by atoms with E-state index in [1.165, 1.54) is 11.1 Å².